The van der Waals surface area contributed by atoms with Gasteiger partial charge in [-0.05, 0) is 48.4 Å². The van der Waals surface area contributed by atoms with E-state index in [0.29, 0.717) is 12.0 Å². The predicted molar refractivity (Wildman–Crippen MR) is 81.8 cm³/mol. The number of methoxy groups -OCH3 is 1. The van der Waals surface area contributed by atoms with E-state index in [9.17, 15) is 0 Å². The normalized spacial score (nSPS) is 25.6. The molecule has 2 atom stereocenters. The van der Waals surface area contributed by atoms with Crippen molar-refractivity contribution in [2.75, 3.05) is 27.3 Å². The van der Waals surface area contributed by atoms with Crippen LogP contribution >= 0.6 is 28.3 Å². The minimum absolute atomic E-state index is 0. The summed E-state index contributed by atoms with van der Waals surface area (Å²) in [7, 11) is 3.89. The molecule has 106 valence electrons. The van der Waals surface area contributed by atoms with E-state index in [1.165, 1.54) is 24.9 Å². The highest BCUT2D eigenvalue weighted by atomic mass is 79.9. The summed E-state index contributed by atoms with van der Waals surface area (Å²) in [5.41, 5.74) is 1.30. The molecule has 2 aliphatic heterocycles. The number of benzene rings is 1. The van der Waals surface area contributed by atoms with Gasteiger partial charge in [-0.15, -0.1) is 12.4 Å². The molecule has 1 saturated heterocycles. The standard InChI is InChI=1S/C14H18BrNO2.ClH/c1-16-7-3-4-9-10-5-6-11(15)14(17-2)13(10)18-8-12(9)16;/h5-6,9,12H,3-4,7-8H2,1-2H3;1H/t9-,12-;/m1./s1. The van der Waals surface area contributed by atoms with E-state index >= 15 is 0 Å². The lowest BCUT2D eigenvalue weighted by Crippen LogP contribution is -2.47. The van der Waals surface area contributed by atoms with Crippen LogP contribution in [0, 0.1) is 0 Å². The fourth-order valence-corrected chi connectivity index (χ4v) is 3.66. The summed E-state index contributed by atoms with van der Waals surface area (Å²) in [5.74, 6) is 2.34. The molecule has 2 heterocycles. The smallest absolute Gasteiger partial charge is 0.175 e. The summed E-state index contributed by atoms with van der Waals surface area (Å²) >= 11 is 3.52. The molecule has 5 heteroatoms. The van der Waals surface area contributed by atoms with Crippen molar-refractivity contribution in [3.63, 3.8) is 0 Å². The van der Waals surface area contributed by atoms with Crippen molar-refractivity contribution >= 4 is 28.3 Å². The van der Waals surface area contributed by atoms with Gasteiger partial charge in [0.2, 0.25) is 0 Å². The number of hydrogen-bond donors (Lipinski definition) is 0. The summed E-state index contributed by atoms with van der Waals surface area (Å²) in [5, 5.41) is 0. The van der Waals surface area contributed by atoms with Crippen molar-refractivity contribution in [1.29, 1.82) is 0 Å². The molecule has 2 aliphatic rings. The van der Waals surface area contributed by atoms with Crippen LogP contribution in [0.2, 0.25) is 0 Å². The summed E-state index contributed by atoms with van der Waals surface area (Å²) in [6, 6.07) is 4.76. The first-order chi connectivity index (χ1) is 8.72. The Balaban J connectivity index is 0.00000133. The summed E-state index contributed by atoms with van der Waals surface area (Å²) in [6.07, 6.45) is 2.51. The van der Waals surface area contributed by atoms with Gasteiger partial charge in [0, 0.05) is 11.5 Å². The quantitative estimate of drug-likeness (QED) is 0.776. The van der Waals surface area contributed by atoms with Gasteiger partial charge < -0.3 is 9.47 Å². The van der Waals surface area contributed by atoms with Gasteiger partial charge in [0.15, 0.2) is 11.5 Å². The van der Waals surface area contributed by atoms with E-state index in [1.54, 1.807) is 7.11 Å². The Kier molecular flexibility index (Phi) is 4.64. The Bertz CT molecular complexity index is 469. The van der Waals surface area contributed by atoms with Gasteiger partial charge in [-0.25, -0.2) is 0 Å². The lowest BCUT2D eigenvalue weighted by molar-refractivity contribution is 0.0847. The minimum Gasteiger partial charge on any atom is -0.492 e. The van der Waals surface area contributed by atoms with E-state index in [-0.39, 0.29) is 12.4 Å². The van der Waals surface area contributed by atoms with E-state index in [2.05, 4.69) is 40.0 Å². The van der Waals surface area contributed by atoms with Crippen LogP contribution in [0.5, 0.6) is 11.5 Å². The molecule has 0 aliphatic carbocycles. The highest BCUT2D eigenvalue weighted by molar-refractivity contribution is 9.10. The third kappa shape index (κ3) is 2.46. The molecule has 0 unspecified atom stereocenters. The molecule has 19 heavy (non-hydrogen) atoms. The zero-order valence-corrected chi connectivity index (χ0v) is 13.6. The van der Waals surface area contributed by atoms with Crippen molar-refractivity contribution < 1.29 is 9.47 Å². The highest BCUT2D eigenvalue weighted by Crippen LogP contribution is 2.47. The minimum atomic E-state index is 0. The lowest BCUT2D eigenvalue weighted by atomic mass is 9.82. The lowest BCUT2D eigenvalue weighted by Gasteiger charge is -2.43. The Morgan fingerprint density at radius 1 is 1.42 bits per heavy atom. The van der Waals surface area contributed by atoms with Crippen molar-refractivity contribution in [3.05, 3.63) is 22.2 Å². The summed E-state index contributed by atoms with van der Waals surface area (Å²) in [6.45, 7) is 1.94. The molecule has 1 fully saturated rings. The van der Waals surface area contributed by atoms with Crippen molar-refractivity contribution in [1.82, 2.24) is 4.90 Å². The van der Waals surface area contributed by atoms with Gasteiger partial charge in [0.05, 0.1) is 17.6 Å². The Labute approximate surface area is 128 Å². The number of fused-ring (bicyclic) bond motifs is 3. The molecule has 0 bridgehead atoms. The monoisotopic (exact) mass is 347 g/mol. The number of ether oxygens (including phenoxy) is 2. The number of rotatable bonds is 1. The van der Waals surface area contributed by atoms with E-state index < -0.39 is 0 Å². The van der Waals surface area contributed by atoms with Crippen LogP contribution in [0.3, 0.4) is 0 Å². The van der Waals surface area contributed by atoms with Crippen LogP contribution in [0.25, 0.3) is 0 Å². The molecule has 0 N–H and O–H groups in total. The van der Waals surface area contributed by atoms with Gasteiger partial charge in [0.25, 0.3) is 0 Å². The van der Waals surface area contributed by atoms with Gasteiger partial charge in [0.1, 0.15) is 6.61 Å². The number of likely N-dealkylation sites (N-methyl/N-ethyl adjacent to an activating group) is 1. The third-order valence-corrected chi connectivity index (χ3v) is 4.78. The summed E-state index contributed by atoms with van der Waals surface area (Å²) < 4.78 is 12.4. The van der Waals surface area contributed by atoms with E-state index in [0.717, 1.165) is 22.6 Å². The van der Waals surface area contributed by atoms with Crippen LogP contribution in [0.4, 0.5) is 0 Å². The van der Waals surface area contributed by atoms with Crippen LogP contribution < -0.4 is 9.47 Å². The molecular weight excluding hydrogens is 330 g/mol. The predicted octanol–water partition coefficient (Wildman–Crippen LogP) is 3.45. The first-order valence-electron chi connectivity index (χ1n) is 6.41. The summed E-state index contributed by atoms with van der Waals surface area (Å²) in [4.78, 5) is 2.42. The van der Waals surface area contributed by atoms with E-state index in [1.807, 2.05) is 0 Å². The number of hydrogen-bond acceptors (Lipinski definition) is 3. The molecule has 0 amide bonds. The molecule has 3 nitrogen and oxygen atoms in total. The molecule has 1 aromatic rings. The molecule has 0 aromatic heterocycles. The van der Waals surface area contributed by atoms with Crippen molar-refractivity contribution in [3.8, 4) is 11.5 Å². The maximum absolute atomic E-state index is 5.97. The first-order valence-corrected chi connectivity index (χ1v) is 7.21. The van der Waals surface area contributed by atoms with Crippen molar-refractivity contribution in [2.24, 2.45) is 0 Å². The fraction of sp³-hybridized carbons (Fsp3) is 0.571. The molecule has 1 aromatic carbocycles. The zero-order valence-electron chi connectivity index (χ0n) is 11.2. The Morgan fingerprint density at radius 3 is 2.95 bits per heavy atom. The SMILES string of the molecule is COc1c(Br)ccc2c1OC[C@@H]1[C@@H]2CCCN1C.Cl. The van der Waals surface area contributed by atoms with Gasteiger partial charge >= 0.3 is 0 Å². The number of nitrogens with zero attached hydrogens (tertiary/aromatic N) is 1. The second kappa shape index (κ2) is 5.90. The average Bonchev–Trinajstić information content (AvgIpc) is 2.38. The Hall–Kier alpha value is -0.450. The van der Waals surface area contributed by atoms with E-state index in [4.69, 9.17) is 9.47 Å². The first kappa shape index (κ1) is 14.9. The zero-order chi connectivity index (χ0) is 12.7. The molecule has 0 saturated carbocycles. The molecule has 0 spiro atoms. The average molecular weight is 349 g/mol. The van der Waals surface area contributed by atoms with Gasteiger partial charge in [-0.3, -0.25) is 4.90 Å². The fourth-order valence-electron chi connectivity index (χ4n) is 3.19. The molecule has 3 rings (SSSR count). The Morgan fingerprint density at radius 2 is 2.21 bits per heavy atom. The van der Waals surface area contributed by atoms with Crippen LogP contribution in [0.15, 0.2) is 16.6 Å². The largest absolute Gasteiger partial charge is 0.492 e. The molecular formula is C14H19BrClNO2. The highest BCUT2D eigenvalue weighted by Gasteiger charge is 2.37. The number of likely N-dealkylation sites (tertiary alicyclic amines) is 1. The third-order valence-electron chi connectivity index (χ3n) is 4.15. The van der Waals surface area contributed by atoms with Crippen LogP contribution in [-0.4, -0.2) is 38.3 Å². The maximum atomic E-state index is 5.97. The second-order valence-electron chi connectivity index (χ2n) is 5.11. The maximum Gasteiger partial charge on any atom is 0.175 e. The number of halogens is 2. The van der Waals surface area contributed by atoms with Crippen molar-refractivity contribution in [2.45, 2.75) is 24.8 Å². The second-order valence-corrected chi connectivity index (χ2v) is 5.96. The van der Waals surface area contributed by atoms with Crippen LogP contribution in [0.1, 0.15) is 24.3 Å². The van der Waals surface area contributed by atoms with Crippen LogP contribution in [-0.2, 0) is 0 Å². The number of piperidine rings is 1. The van der Waals surface area contributed by atoms with Gasteiger partial charge in [-0.2, -0.15) is 0 Å². The topological polar surface area (TPSA) is 21.7 Å². The van der Waals surface area contributed by atoms with Gasteiger partial charge in [-0.1, -0.05) is 6.07 Å². The molecule has 0 radical (unpaired) electrons.